The molecule has 1 rings (SSSR count). The van der Waals surface area contributed by atoms with E-state index in [9.17, 15) is 44.6 Å². The summed E-state index contributed by atoms with van der Waals surface area (Å²) in [6.45, 7) is 3.11. The molecule has 0 saturated heterocycles. The van der Waals surface area contributed by atoms with E-state index in [0.29, 0.717) is 19.3 Å². The molecule has 0 aromatic heterocycles. The Hall–Kier alpha value is -3.49. The van der Waals surface area contributed by atoms with Gasteiger partial charge in [0.25, 0.3) is 0 Å². The minimum atomic E-state index is -5.15. The number of allylic oxidation sites excluding steroid dienone is 18. The van der Waals surface area contributed by atoms with Crippen molar-refractivity contribution in [1.29, 1.82) is 0 Å². The van der Waals surface area contributed by atoms with Crippen LogP contribution in [-0.4, -0.2) is 98.3 Å². The number of aliphatic hydroxyl groups excluding tert-OH is 5. The Morgan fingerprint density at radius 2 is 0.841 bits per heavy atom. The SMILES string of the molecule is CC/C=C/C/C=C/C/C=C/C/C=C/C/C=C/CCCCCC(=O)OC[C@H](COP(=O)(O)OC1C(O)C(O)C(O)[C@@H](O)C1O)OC(=O)CCC/C=C/C/C=C/C/C=C/C/C=C/CCCCCCCCC. The van der Waals surface area contributed by atoms with E-state index in [1.165, 1.54) is 44.9 Å². The molecule has 0 aromatic rings. The molecule has 1 aliphatic carbocycles. The summed E-state index contributed by atoms with van der Waals surface area (Å²) in [5.74, 6) is -1.21. The van der Waals surface area contributed by atoms with Gasteiger partial charge < -0.3 is 39.9 Å². The maximum Gasteiger partial charge on any atom is 0.472 e. The number of hydrogen-bond donors (Lipinski definition) is 6. The number of carbonyl (C=O) groups is 2. The number of phosphoric ester groups is 1. The first kappa shape index (κ1) is 63.5. The smallest absolute Gasteiger partial charge is 0.462 e. The second-order valence-electron chi connectivity index (χ2n) is 17.3. The zero-order valence-corrected chi connectivity index (χ0v) is 42.7. The summed E-state index contributed by atoms with van der Waals surface area (Å²) in [4.78, 5) is 35.8. The number of rotatable bonds is 41. The van der Waals surface area contributed by atoms with Crippen molar-refractivity contribution in [2.24, 2.45) is 0 Å². The number of carbonyl (C=O) groups excluding carboxylic acids is 2. The maximum atomic E-state index is 12.9. The summed E-state index contributed by atoms with van der Waals surface area (Å²) in [7, 11) is -5.15. The fourth-order valence-corrected chi connectivity index (χ4v) is 7.98. The van der Waals surface area contributed by atoms with Crippen LogP contribution in [0.1, 0.15) is 168 Å². The summed E-state index contributed by atoms with van der Waals surface area (Å²) in [6, 6.07) is 0. The van der Waals surface area contributed by atoms with Crippen LogP contribution < -0.4 is 0 Å². The molecule has 1 aliphatic rings. The van der Waals surface area contributed by atoms with Gasteiger partial charge in [0, 0.05) is 12.8 Å². The van der Waals surface area contributed by atoms with Crippen molar-refractivity contribution in [2.45, 2.75) is 211 Å². The van der Waals surface area contributed by atoms with Gasteiger partial charge in [0.15, 0.2) is 6.10 Å². The van der Waals surface area contributed by atoms with Crippen LogP contribution in [0.2, 0.25) is 0 Å². The van der Waals surface area contributed by atoms with Crippen molar-refractivity contribution in [3.8, 4) is 0 Å². The van der Waals surface area contributed by atoms with E-state index in [2.05, 4.69) is 111 Å². The van der Waals surface area contributed by atoms with E-state index in [4.69, 9.17) is 18.5 Å². The normalized spacial score (nSPS) is 21.8. The maximum absolute atomic E-state index is 12.9. The fourth-order valence-electron chi connectivity index (χ4n) is 7.01. The third-order valence-electron chi connectivity index (χ3n) is 11.1. The zero-order valence-electron chi connectivity index (χ0n) is 41.8. The van der Waals surface area contributed by atoms with E-state index in [1.54, 1.807) is 0 Å². The predicted molar refractivity (Wildman–Crippen MR) is 276 cm³/mol. The molecular formula is C55H89O13P. The molecule has 8 atom stereocenters. The Morgan fingerprint density at radius 3 is 1.30 bits per heavy atom. The Morgan fingerprint density at radius 1 is 0.464 bits per heavy atom. The van der Waals surface area contributed by atoms with Gasteiger partial charge in [-0.3, -0.25) is 18.6 Å². The molecule has 69 heavy (non-hydrogen) atoms. The minimum absolute atomic E-state index is 0.00660. The lowest BCUT2D eigenvalue weighted by Crippen LogP contribution is -2.64. The van der Waals surface area contributed by atoms with Crippen LogP contribution in [0.3, 0.4) is 0 Å². The molecule has 6 N–H and O–H groups in total. The first-order valence-electron chi connectivity index (χ1n) is 25.7. The minimum Gasteiger partial charge on any atom is -0.462 e. The number of hydrogen-bond acceptors (Lipinski definition) is 12. The lowest BCUT2D eigenvalue weighted by molar-refractivity contribution is -0.220. The number of ether oxygens (including phenoxy) is 2. The molecule has 0 aliphatic heterocycles. The lowest BCUT2D eigenvalue weighted by Gasteiger charge is -2.41. The molecule has 0 amide bonds. The molecule has 13 nitrogen and oxygen atoms in total. The van der Waals surface area contributed by atoms with Crippen molar-refractivity contribution in [3.05, 3.63) is 109 Å². The molecule has 1 fully saturated rings. The van der Waals surface area contributed by atoms with E-state index in [0.717, 1.165) is 77.0 Å². The van der Waals surface area contributed by atoms with Crippen LogP contribution in [0.5, 0.6) is 0 Å². The molecule has 1 saturated carbocycles. The van der Waals surface area contributed by atoms with Gasteiger partial charge in [0.1, 0.15) is 43.2 Å². The molecule has 0 bridgehead atoms. The topological polar surface area (TPSA) is 210 Å². The van der Waals surface area contributed by atoms with Crippen LogP contribution in [0.25, 0.3) is 0 Å². The Balaban J connectivity index is 2.49. The van der Waals surface area contributed by atoms with Gasteiger partial charge in [-0.1, -0.05) is 168 Å². The second kappa shape index (κ2) is 43.3. The van der Waals surface area contributed by atoms with Crippen molar-refractivity contribution in [1.82, 2.24) is 0 Å². The van der Waals surface area contributed by atoms with Crippen molar-refractivity contribution >= 4 is 19.8 Å². The fraction of sp³-hybridized carbons (Fsp3) is 0.636. The van der Waals surface area contributed by atoms with E-state index < -0.39 is 75.7 Å². The van der Waals surface area contributed by atoms with Gasteiger partial charge in [-0.25, -0.2) is 4.57 Å². The van der Waals surface area contributed by atoms with E-state index in [1.807, 2.05) is 12.2 Å². The Labute approximate surface area is 414 Å². The number of phosphoric acid groups is 1. The monoisotopic (exact) mass is 989 g/mol. The summed E-state index contributed by atoms with van der Waals surface area (Å²) in [5, 5.41) is 50.3. The number of esters is 2. The van der Waals surface area contributed by atoms with Crippen LogP contribution in [0, 0.1) is 0 Å². The van der Waals surface area contributed by atoms with Gasteiger partial charge in [-0.05, 0) is 96.3 Å². The van der Waals surface area contributed by atoms with Crippen molar-refractivity contribution in [3.63, 3.8) is 0 Å². The summed E-state index contributed by atoms with van der Waals surface area (Å²) < 4.78 is 33.5. The zero-order chi connectivity index (χ0) is 50.6. The Kier molecular flexibility index (Phi) is 39.9. The molecule has 14 heteroatoms. The molecule has 6 unspecified atom stereocenters. The average molecular weight is 989 g/mol. The van der Waals surface area contributed by atoms with E-state index in [-0.39, 0.29) is 12.8 Å². The molecule has 0 radical (unpaired) electrons. The highest BCUT2D eigenvalue weighted by molar-refractivity contribution is 7.47. The van der Waals surface area contributed by atoms with Crippen LogP contribution in [-0.2, 0) is 32.7 Å². The van der Waals surface area contributed by atoms with Crippen LogP contribution >= 0.6 is 7.82 Å². The standard InChI is InChI=1S/C55H89O13P/c1-3-5-7-9-11-13-15-17-19-21-23-24-26-28-30-32-34-36-38-40-42-44-49(57)67-47(46-66-69(63,64)68-55-53(61)51(59)50(58)52(60)54(55)62)45-65-48(56)43-41-39-37-35-33-31-29-27-25-22-20-18-16-14-12-10-8-6-4-2/h6,8,12,14,18-21,24-27,30-33,36,38,47,50-55,58-62H,3-5,7,9-11,13,15-17,22-23,28-29,34-35,37,39-46H2,1-2H3,(H,63,64)/b8-6+,14-12+,20-18+,21-19+,26-24+,27-25+,32-30+,33-31+,38-36+/t47-,50?,51-,52?,53?,54?,55?/m1/s1. The third-order valence-corrected chi connectivity index (χ3v) is 12.1. The molecule has 392 valence electrons. The van der Waals surface area contributed by atoms with Gasteiger partial charge in [0.05, 0.1) is 6.61 Å². The highest BCUT2D eigenvalue weighted by atomic mass is 31.2. The van der Waals surface area contributed by atoms with Gasteiger partial charge >= 0.3 is 19.8 Å². The Bertz CT molecular complexity index is 1610. The summed E-state index contributed by atoms with van der Waals surface area (Å²) in [5.41, 5.74) is 0. The van der Waals surface area contributed by atoms with Crippen molar-refractivity contribution in [2.75, 3.05) is 13.2 Å². The van der Waals surface area contributed by atoms with Gasteiger partial charge in [-0.2, -0.15) is 0 Å². The molecule has 0 heterocycles. The van der Waals surface area contributed by atoms with Gasteiger partial charge in [0.2, 0.25) is 0 Å². The summed E-state index contributed by atoms with van der Waals surface area (Å²) in [6.07, 6.45) is 47.1. The lowest BCUT2D eigenvalue weighted by atomic mass is 9.85. The van der Waals surface area contributed by atoms with Crippen molar-refractivity contribution < 1.29 is 63.1 Å². The molecule has 0 spiro atoms. The first-order valence-corrected chi connectivity index (χ1v) is 27.2. The van der Waals surface area contributed by atoms with Crippen LogP contribution in [0.4, 0.5) is 0 Å². The first-order chi connectivity index (χ1) is 33.4. The second-order valence-corrected chi connectivity index (χ2v) is 18.7. The highest BCUT2D eigenvalue weighted by Crippen LogP contribution is 2.47. The largest absolute Gasteiger partial charge is 0.472 e. The predicted octanol–water partition coefficient (Wildman–Crippen LogP) is 11.2. The quantitative estimate of drug-likeness (QED) is 0.0146. The average Bonchev–Trinajstić information content (AvgIpc) is 3.33. The van der Waals surface area contributed by atoms with E-state index >= 15 is 0 Å². The number of aliphatic hydroxyl groups is 5. The number of unbranched alkanes of at least 4 members (excludes halogenated alkanes) is 11. The highest BCUT2D eigenvalue weighted by Gasteiger charge is 2.51. The summed E-state index contributed by atoms with van der Waals surface area (Å²) >= 11 is 0. The molecule has 0 aromatic carbocycles. The molecular weight excluding hydrogens is 900 g/mol. The van der Waals surface area contributed by atoms with Gasteiger partial charge in [-0.15, -0.1) is 0 Å². The van der Waals surface area contributed by atoms with Crippen LogP contribution in [0.15, 0.2) is 109 Å². The third kappa shape index (κ3) is 35.3.